The third kappa shape index (κ3) is 6.33. The number of anilines is 1. The third-order valence-corrected chi connectivity index (χ3v) is 4.02. The lowest BCUT2D eigenvalue weighted by Gasteiger charge is -2.17. The zero-order valence-electron chi connectivity index (χ0n) is 16.0. The van der Waals surface area contributed by atoms with Crippen LogP contribution in [0.4, 0.5) is 5.69 Å². The second-order valence-corrected chi connectivity index (χ2v) is 6.17. The molecule has 6 nitrogen and oxygen atoms in total. The molecule has 0 heterocycles. The topological polar surface area (TPSA) is 67.9 Å². The molecule has 0 saturated heterocycles. The van der Waals surface area contributed by atoms with Crippen LogP contribution in [0.2, 0.25) is 0 Å². The number of hydrogen-bond donors (Lipinski definition) is 1. The summed E-state index contributed by atoms with van der Waals surface area (Å²) < 4.78 is 10.6. The van der Waals surface area contributed by atoms with Gasteiger partial charge in [0.1, 0.15) is 11.5 Å². The van der Waals surface area contributed by atoms with Crippen LogP contribution in [-0.4, -0.2) is 44.0 Å². The number of nitrogens with zero attached hydrogens (tertiary/aromatic N) is 1. The number of carbonyl (C=O) groups excluding carboxylic acids is 2. The van der Waals surface area contributed by atoms with Crippen LogP contribution in [0, 0.1) is 0 Å². The van der Waals surface area contributed by atoms with Crippen molar-refractivity contribution in [2.45, 2.75) is 19.8 Å². The van der Waals surface area contributed by atoms with Crippen LogP contribution in [0.3, 0.4) is 0 Å². The minimum Gasteiger partial charge on any atom is -0.497 e. The van der Waals surface area contributed by atoms with Crippen molar-refractivity contribution >= 4 is 17.5 Å². The summed E-state index contributed by atoms with van der Waals surface area (Å²) in [4.78, 5) is 26.0. The predicted octanol–water partition coefficient (Wildman–Crippen LogP) is 3.58. The molecular formula is C21H26N2O4. The van der Waals surface area contributed by atoms with Gasteiger partial charge in [0, 0.05) is 30.9 Å². The number of unbranched alkanes of at least 4 members (excludes halogenated alkanes) is 1. The number of ether oxygens (including phenoxy) is 2. The number of benzene rings is 2. The molecule has 0 aromatic heterocycles. The van der Waals surface area contributed by atoms with Gasteiger partial charge in [-0.15, -0.1) is 0 Å². The van der Waals surface area contributed by atoms with Crippen LogP contribution in [0.15, 0.2) is 48.5 Å². The fourth-order valence-electron chi connectivity index (χ4n) is 2.46. The summed E-state index contributed by atoms with van der Waals surface area (Å²) in [5.41, 5.74) is 1.24. The summed E-state index contributed by atoms with van der Waals surface area (Å²) in [7, 11) is 3.37. The minimum atomic E-state index is -0.275. The summed E-state index contributed by atoms with van der Waals surface area (Å²) in [6, 6.07) is 13.9. The Morgan fingerprint density at radius 1 is 1.07 bits per heavy atom. The van der Waals surface area contributed by atoms with Crippen molar-refractivity contribution in [1.82, 2.24) is 4.90 Å². The van der Waals surface area contributed by atoms with Gasteiger partial charge in [0.2, 0.25) is 0 Å². The number of carbonyl (C=O) groups is 2. The van der Waals surface area contributed by atoms with Crippen LogP contribution in [0.25, 0.3) is 0 Å². The van der Waals surface area contributed by atoms with Crippen LogP contribution >= 0.6 is 0 Å². The smallest absolute Gasteiger partial charge is 0.262 e. The lowest BCUT2D eigenvalue weighted by atomic mass is 10.2. The molecule has 1 N–H and O–H groups in total. The summed E-state index contributed by atoms with van der Waals surface area (Å²) in [6.07, 6.45) is 2.02. The molecule has 6 heteroatoms. The van der Waals surface area contributed by atoms with Crippen molar-refractivity contribution in [2.24, 2.45) is 0 Å². The molecular weight excluding hydrogens is 344 g/mol. The fourth-order valence-corrected chi connectivity index (χ4v) is 2.46. The molecule has 0 radical (unpaired) electrons. The summed E-state index contributed by atoms with van der Waals surface area (Å²) in [5.74, 6) is 0.898. The molecule has 0 spiro atoms. The fraction of sp³-hybridized carbons (Fsp3) is 0.333. The van der Waals surface area contributed by atoms with Gasteiger partial charge in [-0.3, -0.25) is 9.59 Å². The second kappa shape index (κ2) is 10.2. The largest absolute Gasteiger partial charge is 0.497 e. The van der Waals surface area contributed by atoms with Gasteiger partial charge >= 0.3 is 0 Å². The molecule has 0 fully saturated rings. The number of methoxy groups -OCH3 is 1. The maximum absolute atomic E-state index is 12.3. The van der Waals surface area contributed by atoms with Crippen molar-refractivity contribution in [3.63, 3.8) is 0 Å². The Hall–Kier alpha value is -3.02. The molecule has 144 valence electrons. The van der Waals surface area contributed by atoms with Crippen LogP contribution in [-0.2, 0) is 4.79 Å². The highest BCUT2D eigenvalue weighted by Gasteiger charge is 2.11. The number of nitrogens with one attached hydrogen (secondary N) is 1. The van der Waals surface area contributed by atoms with Gasteiger partial charge in [0.05, 0.1) is 7.11 Å². The maximum atomic E-state index is 12.3. The van der Waals surface area contributed by atoms with Crippen molar-refractivity contribution < 1.29 is 19.1 Å². The van der Waals surface area contributed by atoms with E-state index in [1.165, 1.54) is 0 Å². The van der Waals surface area contributed by atoms with E-state index in [1.807, 2.05) is 0 Å². The molecule has 27 heavy (non-hydrogen) atoms. The number of amides is 2. The summed E-state index contributed by atoms with van der Waals surface area (Å²) >= 11 is 0. The van der Waals surface area contributed by atoms with Gasteiger partial charge in [0.15, 0.2) is 6.61 Å². The lowest BCUT2D eigenvalue weighted by molar-refractivity contribution is -0.118. The molecule has 2 amide bonds. The average Bonchev–Trinajstić information content (AvgIpc) is 2.70. The predicted molar refractivity (Wildman–Crippen MR) is 105 cm³/mol. The first-order valence-electron chi connectivity index (χ1n) is 8.95. The Kier molecular flexibility index (Phi) is 7.67. The first-order chi connectivity index (χ1) is 13.0. The van der Waals surface area contributed by atoms with Crippen molar-refractivity contribution in [3.8, 4) is 11.5 Å². The normalized spacial score (nSPS) is 10.2. The molecule has 2 aromatic rings. The first kappa shape index (κ1) is 20.3. The van der Waals surface area contributed by atoms with Gasteiger partial charge in [-0.1, -0.05) is 19.4 Å². The Bertz CT molecular complexity index is 759. The van der Waals surface area contributed by atoms with Gasteiger partial charge in [-0.25, -0.2) is 0 Å². The Labute approximate surface area is 160 Å². The van der Waals surface area contributed by atoms with E-state index >= 15 is 0 Å². The van der Waals surface area contributed by atoms with E-state index in [2.05, 4.69) is 12.2 Å². The van der Waals surface area contributed by atoms with E-state index < -0.39 is 0 Å². The molecule has 2 aromatic carbocycles. The Morgan fingerprint density at radius 2 is 1.81 bits per heavy atom. The van der Waals surface area contributed by atoms with Crippen LogP contribution in [0.1, 0.15) is 30.1 Å². The standard InChI is InChI=1S/C21H26N2O4/c1-4-5-13-23(2)21(25)16-9-11-18(12-10-16)27-15-20(24)22-17-7-6-8-19(14-17)26-3/h6-12,14H,4-5,13,15H2,1-3H3,(H,22,24). The van der Waals surface area contributed by atoms with Gasteiger partial charge < -0.3 is 19.7 Å². The average molecular weight is 370 g/mol. The molecule has 0 saturated carbocycles. The molecule has 2 rings (SSSR count). The highest BCUT2D eigenvalue weighted by molar-refractivity contribution is 5.94. The second-order valence-electron chi connectivity index (χ2n) is 6.17. The van der Waals surface area contributed by atoms with E-state index in [0.717, 1.165) is 19.4 Å². The molecule has 0 aliphatic heterocycles. The minimum absolute atomic E-state index is 0.0224. The van der Waals surface area contributed by atoms with Gasteiger partial charge in [0.25, 0.3) is 11.8 Å². The monoisotopic (exact) mass is 370 g/mol. The third-order valence-electron chi connectivity index (χ3n) is 4.02. The first-order valence-corrected chi connectivity index (χ1v) is 8.95. The van der Waals surface area contributed by atoms with E-state index in [0.29, 0.717) is 22.7 Å². The Morgan fingerprint density at radius 3 is 2.48 bits per heavy atom. The number of rotatable bonds is 9. The van der Waals surface area contributed by atoms with E-state index in [1.54, 1.807) is 67.6 Å². The zero-order chi connectivity index (χ0) is 19.6. The molecule has 0 aliphatic carbocycles. The lowest BCUT2D eigenvalue weighted by Crippen LogP contribution is -2.27. The Balaban J connectivity index is 1.85. The van der Waals surface area contributed by atoms with E-state index in [9.17, 15) is 9.59 Å². The van der Waals surface area contributed by atoms with Crippen LogP contribution in [0.5, 0.6) is 11.5 Å². The summed E-state index contributed by atoms with van der Waals surface area (Å²) in [5, 5.41) is 2.75. The van der Waals surface area contributed by atoms with Crippen molar-refractivity contribution in [1.29, 1.82) is 0 Å². The van der Waals surface area contributed by atoms with Crippen molar-refractivity contribution in [2.75, 3.05) is 32.6 Å². The molecule has 0 unspecified atom stereocenters. The molecule has 0 atom stereocenters. The summed E-state index contributed by atoms with van der Waals surface area (Å²) in [6.45, 7) is 2.70. The highest BCUT2D eigenvalue weighted by Crippen LogP contribution is 2.17. The van der Waals surface area contributed by atoms with Crippen molar-refractivity contribution in [3.05, 3.63) is 54.1 Å². The van der Waals surface area contributed by atoms with Crippen LogP contribution < -0.4 is 14.8 Å². The highest BCUT2D eigenvalue weighted by atomic mass is 16.5. The maximum Gasteiger partial charge on any atom is 0.262 e. The van der Waals surface area contributed by atoms with E-state index in [-0.39, 0.29) is 18.4 Å². The SMILES string of the molecule is CCCCN(C)C(=O)c1ccc(OCC(=O)Nc2cccc(OC)c2)cc1. The van der Waals surface area contributed by atoms with E-state index in [4.69, 9.17) is 9.47 Å². The number of hydrogen-bond acceptors (Lipinski definition) is 4. The quantitative estimate of drug-likeness (QED) is 0.732. The van der Waals surface area contributed by atoms with Gasteiger partial charge in [-0.2, -0.15) is 0 Å². The zero-order valence-corrected chi connectivity index (χ0v) is 16.0. The molecule has 0 aliphatic rings. The van der Waals surface area contributed by atoms with Gasteiger partial charge in [-0.05, 0) is 42.8 Å². The molecule has 0 bridgehead atoms.